The topological polar surface area (TPSA) is 13.1 Å². The zero-order valence-electron chi connectivity index (χ0n) is 29.1. The van der Waals surface area contributed by atoms with E-state index in [4.69, 9.17) is 4.42 Å². The zero-order chi connectivity index (χ0) is 35.0. The number of aryl methyl sites for hydroxylation is 1. The average Bonchev–Trinajstić information content (AvgIpc) is 3.81. The van der Waals surface area contributed by atoms with Gasteiger partial charge >= 0.3 is 0 Å². The summed E-state index contributed by atoms with van der Waals surface area (Å²) in [7, 11) is 0. The molecular formula is C51H32OS. The Hall–Kier alpha value is -6.48. The summed E-state index contributed by atoms with van der Waals surface area (Å²) in [5.41, 5.74) is 13.1. The van der Waals surface area contributed by atoms with E-state index in [1.54, 1.807) is 11.3 Å². The molecule has 2 aromatic heterocycles. The Morgan fingerprint density at radius 1 is 0.358 bits per heavy atom. The first kappa shape index (κ1) is 30.2. The van der Waals surface area contributed by atoms with Gasteiger partial charge in [-0.15, -0.1) is 0 Å². The van der Waals surface area contributed by atoms with Gasteiger partial charge in [0.2, 0.25) is 0 Å². The predicted molar refractivity (Wildman–Crippen MR) is 228 cm³/mol. The van der Waals surface area contributed by atoms with Crippen molar-refractivity contribution >= 4 is 76.4 Å². The first-order chi connectivity index (χ1) is 26.2. The van der Waals surface area contributed by atoms with E-state index in [9.17, 15) is 0 Å². The second kappa shape index (κ2) is 11.8. The maximum Gasteiger partial charge on any atom is 0.136 e. The average molecular weight is 693 g/mol. The number of benzene rings is 9. The van der Waals surface area contributed by atoms with Gasteiger partial charge in [0.15, 0.2) is 0 Å². The fourth-order valence-corrected chi connectivity index (χ4v) is 9.71. The van der Waals surface area contributed by atoms with E-state index in [-0.39, 0.29) is 0 Å². The van der Waals surface area contributed by atoms with Crippen molar-refractivity contribution in [1.82, 2.24) is 0 Å². The van der Waals surface area contributed by atoms with Crippen LogP contribution in [0.1, 0.15) is 5.56 Å². The van der Waals surface area contributed by atoms with Gasteiger partial charge in [0.1, 0.15) is 11.2 Å². The Kier molecular flexibility index (Phi) is 6.71. The van der Waals surface area contributed by atoms with E-state index in [0.29, 0.717) is 0 Å². The summed E-state index contributed by atoms with van der Waals surface area (Å²) in [6, 6.07) is 59.7. The number of hydrogen-bond acceptors (Lipinski definition) is 2. The van der Waals surface area contributed by atoms with Crippen molar-refractivity contribution in [3.8, 4) is 44.5 Å². The summed E-state index contributed by atoms with van der Waals surface area (Å²) in [6.45, 7) is 2.22. The van der Waals surface area contributed by atoms with Gasteiger partial charge in [-0.3, -0.25) is 0 Å². The molecule has 0 atom stereocenters. The minimum atomic E-state index is 0.893. The van der Waals surface area contributed by atoms with Crippen molar-refractivity contribution in [3.63, 3.8) is 0 Å². The third-order valence-electron chi connectivity index (χ3n) is 11.1. The second-order valence-electron chi connectivity index (χ2n) is 14.0. The molecule has 0 spiro atoms. The number of hydrogen-bond donors (Lipinski definition) is 0. The predicted octanol–water partition coefficient (Wildman–Crippen LogP) is 15.2. The Labute approximate surface area is 311 Å². The third kappa shape index (κ3) is 4.49. The van der Waals surface area contributed by atoms with Crippen molar-refractivity contribution < 1.29 is 4.42 Å². The van der Waals surface area contributed by atoms with Crippen molar-refractivity contribution in [2.75, 3.05) is 0 Å². The lowest BCUT2D eigenvalue weighted by molar-refractivity contribution is 0.669. The third-order valence-corrected chi connectivity index (χ3v) is 12.0. The summed E-state index contributed by atoms with van der Waals surface area (Å²) < 4.78 is 6.68. The van der Waals surface area contributed by atoms with Crippen LogP contribution >= 0.6 is 11.3 Å². The Balaban J connectivity index is 1.23. The summed E-state index contributed by atoms with van der Waals surface area (Å²) in [4.78, 5) is 0. The molecule has 0 N–H and O–H groups in total. The van der Waals surface area contributed by atoms with Gasteiger partial charge in [-0.2, -0.15) is 11.3 Å². The fourth-order valence-electron chi connectivity index (χ4n) is 8.87. The number of thiophene rings is 1. The van der Waals surface area contributed by atoms with Crippen molar-refractivity contribution in [1.29, 1.82) is 0 Å². The van der Waals surface area contributed by atoms with Crippen LogP contribution in [0.25, 0.3) is 110 Å². The monoisotopic (exact) mass is 692 g/mol. The highest BCUT2D eigenvalue weighted by Crippen LogP contribution is 2.49. The summed E-state index contributed by atoms with van der Waals surface area (Å²) >= 11 is 1.77. The lowest BCUT2D eigenvalue weighted by Gasteiger charge is -2.18. The molecular weight excluding hydrogens is 661 g/mol. The molecule has 0 saturated carbocycles. The van der Waals surface area contributed by atoms with Crippen molar-refractivity contribution in [2.24, 2.45) is 0 Å². The van der Waals surface area contributed by atoms with E-state index in [1.807, 2.05) is 0 Å². The standard InChI is InChI=1S/C51H32OS/c1-31-29-53-30-44(31)50-40-22-11-9-20-38(40)49(39-21-10-12-23-41(39)50)42-24-13-25-46-51(42)43-28-33(26-27-45(43)52-46)48-36-18-7-5-16-34(36)47(32-14-3-2-4-15-32)35-17-6-8-19-37(35)48/h2-30H,1H3. The number of furan rings is 1. The lowest BCUT2D eigenvalue weighted by Crippen LogP contribution is -1.91. The molecule has 0 bridgehead atoms. The van der Waals surface area contributed by atoms with Gasteiger partial charge in [-0.1, -0.05) is 146 Å². The quantitative estimate of drug-likeness (QED) is 0.167. The highest BCUT2D eigenvalue weighted by molar-refractivity contribution is 7.08. The first-order valence-electron chi connectivity index (χ1n) is 18.2. The molecule has 0 fully saturated rings. The molecule has 2 heterocycles. The van der Waals surface area contributed by atoms with Gasteiger partial charge in [-0.05, 0) is 129 Å². The highest BCUT2D eigenvalue weighted by Gasteiger charge is 2.22. The van der Waals surface area contributed by atoms with Crippen LogP contribution in [-0.2, 0) is 0 Å². The molecule has 1 nitrogen and oxygen atoms in total. The van der Waals surface area contributed by atoms with Gasteiger partial charge in [-0.25, -0.2) is 0 Å². The minimum Gasteiger partial charge on any atom is -0.456 e. The van der Waals surface area contributed by atoms with Crippen LogP contribution in [0, 0.1) is 6.92 Å². The molecule has 0 saturated heterocycles. The summed E-state index contributed by atoms with van der Waals surface area (Å²) in [5.74, 6) is 0. The largest absolute Gasteiger partial charge is 0.456 e. The number of fused-ring (bicyclic) bond motifs is 7. The molecule has 0 aliphatic heterocycles. The Morgan fingerprint density at radius 2 is 0.849 bits per heavy atom. The van der Waals surface area contributed by atoms with E-state index in [2.05, 4.69) is 181 Å². The SMILES string of the molecule is Cc1cscc1-c1c2ccccc2c(-c2cccc3oc4ccc(-c5c6ccccc6c(-c6ccccc6)c6ccccc56)cc4c23)c2ccccc12. The van der Waals surface area contributed by atoms with Crippen LogP contribution in [0.4, 0.5) is 0 Å². The molecule has 248 valence electrons. The Bertz CT molecular complexity index is 3120. The smallest absolute Gasteiger partial charge is 0.136 e. The van der Waals surface area contributed by atoms with E-state index in [1.165, 1.54) is 93.2 Å². The summed E-state index contributed by atoms with van der Waals surface area (Å²) in [6.07, 6.45) is 0. The van der Waals surface area contributed by atoms with Crippen molar-refractivity contribution in [3.05, 3.63) is 180 Å². The van der Waals surface area contributed by atoms with Crippen LogP contribution < -0.4 is 0 Å². The highest BCUT2D eigenvalue weighted by atomic mass is 32.1. The normalized spacial score (nSPS) is 11.9. The number of rotatable bonds is 4. The fraction of sp³-hybridized carbons (Fsp3) is 0.0196. The Morgan fingerprint density at radius 3 is 1.38 bits per heavy atom. The molecule has 0 aliphatic carbocycles. The van der Waals surface area contributed by atoms with E-state index < -0.39 is 0 Å². The lowest BCUT2D eigenvalue weighted by atomic mass is 9.84. The van der Waals surface area contributed by atoms with Gasteiger partial charge < -0.3 is 4.42 Å². The maximum absolute atomic E-state index is 6.68. The molecule has 0 aliphatic rings. The molecule has 53 heavy (non-hydrogen) atoms. The molecule has 2 heteroatoms. The molecule has 9 aromatic carbocycles. The summed E-state index contributed by atoms with van der Waals surface area (Å²) in [5, 5.41) is 16.9. The van der Waals surface area contributed by atoms with Crippen LogP contribution in [0.5, 0.6) is 0 Å². The zero-order valence-corrected chi connectivity index (χ0v) is 29.9. The van der Waals surface area contributed by atoms with E-state index in [0.717, 1.165) is 21.9 Å². The molecule has 0 amide bonds. The first-order valence-corrected chi connectivity index (χ1v) is 19.1. The molecule has 0 radical (unpaired) electrons. The molecule has 11 rings (SSSR count). The van der Waals surface area contributed by atoms with Crippen molar-refractivity contribution in [2.45, 2.75) is 6.92 Å². The second-order valence-corrected chi connectivity index (χ2v) is 14.8. The minimum absolute atomic E-state index is 0.893. The van der Waals surface area contributed by atoms with Crippen LogP contribution in [0.3, 0.4) is 0 Å². The van der Waals surface area contributed by atoms with Crippen LogP contribution in [0.15, 0.2) is 179 Å². The van der Waals surface area contributed by atoms with E-state index >= 15 is 0 Å². The van der Waals surface area contributed by atoms with Gasteiger partial charge in [0, 0.05) is 10.8 Å². The maximum atomic E-state index is 6.68. The molecule has 0 unspecified atom stereocenters. The molecule has 11 aromatic rings. The van der Waals surface area contributed by atoms with Crippen LogP contribution in [-0.4, -0.2) is 0 Å². The van der Waals surface area contributed by atoms with Gasteiger partial charge in [0.05, 0.1) is 0 Å². The van der Waals surface area contributed by atoms with Gasteiger partial charge in [0.25, 0.3) is 0 Å². The van der Waals surface area contributed by atoms with Crippen LogP contribution in [0.2, 0.25) is 0 Å².